The first-order valence-corrected chi connectivity index (χ1v) is 9.85. The predicted octanol–water partition coefficient (Wildman–Crippen LogP) is 4.81. The summed E-state index contributed by atoms with van der Waals surface area (Å²) < 4.78 is 55.5. The Hall–Kier alpha value is -4.00. The van der Waals surface area contributed by atoms with E-state index in [2.05, 4.69) is 25.3 Å². The highest BCUT2D eigenvalue weighted by Gasteiger charge is 2.31. The summed E-state index contributed by atoms with van der Waals surface area (Å²) in [4.78, 5) is 20.8. The van der Waals surface area contributed by atoms with E-state index < -0.39 is 28.5 Å². The molecule has 3 rings (SSSR count). The Morgan fingerprint density at radius 2 is 1.88 bits per heavy atom. The summed E-state index contributed by atoms with van der Waals surface area (Å²) in [5.74, 6) is -1.07. The van der Waals surface area contributed by atoms with E-state index in [0.29, 0.717) is 18.7 Å². The molecule has 0 fully saturated rings. The van der Waals surface area contributed by atoms with Crippen molar-refractivity contribution >= 4 is 23.1 Å². The fraction of sp³-hybridized carbons (Fsp3) is 0.238. The molecule has 0 aliphatic rings. The number of anilines is 3. The first kappa shape index (κ1) is 24.6. The van der Waals surface area contributed by atoms with Crippen molar-refractivity contribution in [2.45, 2.75) is 6.36 Å². The number of rotatable bonds is 9. The second kappa shape index (κ2) is 10.3. The van der Waals surface area contributed by atoms with E-state index in [1.807, 2.05) is 19.0 Å². The maximum Gasteiger partial charge on any atom is 0.573 e. The molecule has 34 heavy (non-hydrogen) atoms. The molecule has 13 heteroatoms. The molecule has 1 aromatic heterocycles. The van der Waals surface area contributed by atoms with Crippen molar-refractivity contribution in [1.29, 1.82) is 0 Å². The van der Waals surface area contributed by atoms with Crippen molar-refractivity contribution in [3.05, 3.63) is 64.5 Å². The van der Waals surface area contributed by atoms with Crippen molar-refractivity contribution in [2.24, 2.45) is 0 Å². The van der Waals surface area contributed by atoms with Crippen LogP contribution in [0.3, 0.4) is 0 Å². The maximum atomic E-state index is 13.7. The number of nitrogens with zero attached hydrogens (tertiary/aromatic N) is 4. The monoisotopic (exact) mass is 480 g/mol. The number of nitrogens with one attached hydrogen (secondary N) is 2. The number of nitro benzene ring substituents is 1. The van der Waals surface area contributed by atoms with E-state index in [9.17, 15) is 27.7 Å². The summed E-state index contributed by atoms with van der Waals surface area (Å²) in [6.45, 7) is 1.12. The van der Waals surface area contributed by atoms with Crippen LogP contribution in [0.4, 0.5) is 40.7 Å². The third-order valence-corrected chi connectivity index (χ3v) is 4.35. The molecule has 9 nitrogen and oxygen atoms in total. The molecule has 0 radical (unpaired) electrons. The van der Waals surface area contributed by atoms with Gasteiger partial charge >= 0.3 is 12.0 Å². The molecule has 0 atom stereocenters. The van der Waals surface area contributed by atoms with Crippen LogP contribution in [0.2, 0.25) is 0 Å². The number of hydrogen-bond donors (Lipinski definition) is 2. The largest absolute Gasteiger partial charge is 0.573 e. The van der Waals surface area contributed by atoms with Gasteiger partial charge in [-0.1, -0.05) is 12.1 Å². The predicted molar refractivity (Wildman–Crippen MR) is 118 cm³/mol. The van der Waals surface area contributed by atoms with Gasteiger partial charge in [-0.3, -0.25) is 10.1 Å². The second-order valence-electron chi connectivity index (χ2n) is 7.32. The molecule has 0 aliphatic heterocycles. The summed E-state index contributed by atoms with van der Waals surface area (Å²) in [7, 11) is 3.75. The molecular formula is C21H20F4N6O3. The molecule has 0 bridgehead atoms. The minimum absolute atomic E-state index is 0.167. The highest BCUT2D eigenvalue weighted by molar-refractivity contribution is 5.69. The van der Waals surface area contributed by atoms with E-state index in [-0.39, 0.29) is 23.1 Å². The molecule has 0 amide bonds. The molecule has 0 spiro atoms. The lowest BCUT2D eigenvalue weighted by Gasteiger charge is -2.14. The molecule has 3 aromatic rings. The lowest BCUT2D eigenvalue weighted by atomic mass is 10.1. The number of ether oxygens (including phenoxy) is 1. The molecule has 1 heterocycles. The molecule has 2 N–H and O–H groups in total. The molecule has 0 saturated heterocycles. The third-order valence-electron chi connectivity index (χ3n) is 4.35. The normalized spacial score (nSPS) is 11.4. The van der Waals surface area contributed by atoms with Crippen molar-refractivity contribution in [1.82, 2.24) is 14.9 Å². The van der Waals surface area contributed by atoms with Gasteiger partial charge in [0, 0.05) is 36.5 Å². The number of halogens is 4. The molecule has 0 saturated carbocycles. The topological polar surface area (TPSA) is 105 Å². The average Bonchev–Trinajstić information content (AvgIpc) is 2.73. The fourth-order valence-corrected chi connectivity index (χ4v) is 2.86. The number of hydrogen-bond acceptors (Lipinski definition) is 8. The van der Waals surface area contributed by atoms with Gasteiger partial charge in [-0.25, -0.2) is 4.98 Å². The van der Waals surface area contributed by atoms with Crippen LogP contribution in [-0.4, -0.2) is 53.3 Å². The van der Waals surface area contributed by atoms with E-state index in [1.165, 1.54) is 24.3 Å². The van der Waals surface area contributed by atoms with Crippen LogP contribution in [-0.2, 0) is 0 Å². The fourth-order valence-electron chi connectivity index (χ4n) is 2.86. The van der Waals surface area contributed by atoms with Gasteiger partial charge in [0.1, 0.15) is 11.6 Å². The minimum atomic E-state index is -4.85. The highest BCUT2D eigenvalue weighted by Crippen LogP contribution is 2.30. The highest BCUT2D eigenvalue weighted by atomic mass is 19.4. The van der Waals surface area contributed by atoms with Gasteiger partial charge in [-0.15, -0.1) is 13.2 Å². The van der Waals surface area contributed by atoms with Gasteiger partial charge in [0.15, 0.2) is 0 Å². The Kier molecular flexibility index (Phi) is 7.46. The summed E-state index contributed by atoms with van der Waals surface area (Å²) >= 11 is 0. The van der Waals surface area contributed by atoms with Crippen molar-refractivity contribution in [2.75, 3.05) is 37.8 Å². The SMILES string of the molecule is CN(C)CCNc1nc(Nc2ccc(F)c([N+](=O)[O-])c2)cc(-c2cccc(OC(F)(F)F)c2)n1. The minimum Gasteiger partial charge on any atom is -0.406 e. The van der Waals surface area contributed by atoms with Crippen LogP contribution in [0.15, 0.2) is 48.5 Å². The lowest BCUT2D eigenvalue weighted by molar-refractivity contribution is -0.387. The van der Waals surface area contributed by atoms with Crippen LogP contribution in [0.5, 0.6) is 5.75 Å². The van der Waals surface area contributed by atoms with Gasteiger partial charge in [0.05, 0.1) is 10.6 Å². The van der Waals surface area contributed by atoms with Crippen LogP contribution >= 0.6 is 0 Å². The van der Waals surface area contributed by atoms with Crippen LogP contribution in [0.1, 0.15) is 0 Å². The lowest BCUT2D eigenvalue weighted by Crippen LogP contribution is -2.21. The van der Waals surface area contributed by atoms with Crippen molar-refractivity contribution in [3.8, 4) is 17.0 Å². The van der Waals surface area contributed by atoms with Gasteiger partial charge in [-0.2, -0.15) is 9.37 Å². The summed E-state index contributed by atoms with van der Waals surface area (Å²) in [6, 6.07) is 9.94. The number of benzene rings is 2. The summed E-state index contributed by atoms with van der Waals surface area (Å²) in [5, 5.41) is 16.9. The molecule has 180 valence electrons. The Labute approximate surface area is 191 Å². The number of likely N-dealkylation sites (N-methyl/N-ethyl adjacent to an activating group) is 1. The number of alkyl halides is 3. The molecule has 0 aliphatic carbocycles. The quantitative estimate of drug-likeness (QED) is 0.256. The second-order valence-corrected chi connectivity index (χ2v) is 7.32. The Bertz CT molecular complexity index is 1170. The van der Waals surface area contributed by atoms with Gasteiger partial charge in [0.25, 0.3) is 0 Å². The first-order chi connectivity index (χ1) is 16.0. The van der Waals surface area contributed by atoms with Crippen LogP contribution in [0.25, 0.3) is 11.3 Å². The third kappa shape index (κ3) is 7.00. The molecule has 0 unspecified atom stereocenters. The molecule has 2 aromatic carbocycles. The van der Waals surface area contributed by atoms with Crippen molar-refractivity contribution < 1.29 is 27.2 Å². The maximum absolute atomic E-state index is 13.7. The van der Waals surface area contributed by atoms with E-state index >= 15 is 0 Å². The van der Waals surface area contributed by atoms with Gasteiger partial charge in [0.2, 0.25) is 11.8 Å². The Morgan fingerprint density at radius 3 is 2.56 bits per heavy atom. The molecular weight excluding hydrogens is 460 g/mol. The number of nitro groups is 1. The van der Waals surface area contributed by atoms with Crippen molar-refractivity contribution in [3.63, 3.8) is 0 Å². The van der Waals surface area contributed by atoms with E-state index in [4.69, 9.17) is 0 Å². The average molecular weight is 480 g/mol. The van der Waals surface area contributed by atoms with Crippen LogP contribution in [0, 0.1) is 15.9 Å². The van der Waals surface area contributed by atoms with Crippen LogP contribution < -0.4 is 15.4 Å². The van der Waals surface area contributed by atoms with E-state index in [0.717, 1.165) is 18.2 Å². The number of aromatic nitrogens is 2. The standard InChI is InChI=1S/C21H20F4N6O3/c1-30(2)9-8-26-20-28-17(13-4-3-5-15(10-13)34-21(23,24)25)12-19(29-20)27-14-6-7-16(22)18(11-14)31(32)33/h3-7,10-12H,8-9H2,1-2H3,(H2,26,27,28,29). The smallest absolute Gasteiger partial charge is 0.406 e. The summed E-state index contributed by atoms with van der Waals surface area (Å²) in [5.41, 5.74) is 0.0359. The zero-order valence-corrected chi connectivity index (χ0v) is 18.1. The summed E-state index contributed by atoms with van der Waals surface area (Å²) in [6.07, 6.45) is -4.85. The van der Waals surface area contributed by atoms with E-state index in [1.54, 1.807) is 6.07 Å². The Morgan fingerprint density at radius 1 is 1.12 bits per heavy atom. The zero-order valence-electron chi connectivity index (χ0n) is 18.1. The first-order valence-electron chi connectivity index (χ1n) is 9.85. The Balaban J connectivity index is 1.97. The zero-order chi connectivity index (χ0) is 24.9. The van der Waals surface area contributed by atoms with Gasteiger partial charge < -0.3 is 20.3 Å². The van der Waals surface area contributed by atoms with Gasteiger partial charge in [-0.05, 0) is 38.4 Å².